The summed E-state index contributed by atoms with van der Waals surface area (Å²) in [7, 11) is 0. The van der Waals surface area contributed by atoms with Gasteiger partial charge in [-0.2, -0.15) is 0 Å². The minimum absolute atomic E-state index is 0.114. The second-order valence-corrected chi connectivity index (χ2v) is 5.59. The monoisotopic (exact) mass is 257 g/mol. The molecule has 16 heavy (non-hydrogen) atoms. The van der Waals surface area contributed by atoms with Crippen molar-refractivity contribution in [3.8, 4) is 0 Å². The summed E-state index contributed by atoms with van der Waals surface area (Å²) in [6.45, 7) is 0.505. The number of thiophene rings is 1. The largest absolute Gasteiger partial charge is 0.459 e. The standard InChI is InChI=1S/C10H8ClNO3S/c11-8-2-1-7(16-8)9(13)12-4-5-3-6(12)10(14)15-5/h1-2,5-6H,3-4H2/t5-,6-/m0/s1. The van der Waals surface area contributed by atoms with E-state index in [9.17, 15) is 9.59 Å². The van der Waals surface area contributed by atoms with Crippen LogP contribution in [0.5, 0.6) is 0 Å². The van der Waals surface area contributed by atoms with Gasteiger partial charge >= 0.3 is 5.97 Å². The maximum Gasteiger partial charge on any atom is 0.329 e. The van der Waals surface area contributed by atoms with Gasteiger partial charge in [-0.25, -0.2) is 4.79 Å². The third-order valence-electron chi connectivity index (χ3n) is 2.86. The number of carbonyl (C=O) groups excluding carboxylic acids is 2. The maximum atomic E-state index is 12.1. The molecule has 0 aliphatic carbocycles. The predicted octanol–water partition coefficient (Wildman–Crippen LogP) is 1.54. The summed E-state index contributed by atoms with van der Waals surface area (Å²) in [6, 6.07) is 2.98. The highest BCUT2D eigenvalue weighted by atomic mass is 35.5. The Labute approximate surface area is 101 Å². The number of halogens is 1. The Kier molecular flexibility index (Phi) is 2.19. The molecule has 2 saturated heterocycles. The van der Waals surface area contributed by atoms with Crippen LogP contribution in [0, 0.1) is 0 Å². The highest BCUT2D eigenvalue weighted by Crippen LogP contribution is 2.32. The van der Waals surface area contributed by atoms with Gasteiger partial charge in [0, 0.05) is 6.42 Å². The molecule has 2 fully saturated rings. The first kappa shape index (κ1) is 10.1. The molecule has 0 saturated carbocycles. The van der Waals surface area contributed by atoms with E-state index >= 15 is 0 Å². The van der Waals surface area contributed by atoms with E-state index in [1.807, 2.05) is 0 Å². The van der Waals surface area contributed by atoms with Crippen molar-refractivity contribution in [3.05, 3.63) is 21.3 Å². The molecule has 1 aromatic rings. The summed E-state index contributed by atoms with van der Waals surface area (Å²) in [4.78, 5) is 25.6. The van der Waals surface area contributed by atoms with Crippen LogP contribution in [0.1, 0.15) is 16.1 Å². The van der Waals surface area contributed by atoms with Crippen LogP contribution in [-0.2, 0) is 9.53 Å². The van der Waals surface area contributed by atoms with Crippen molar-refractivity contribution in [2.24, 2.45) is 0 Å². The third kappa shape index (κ3) is 1.43. The molecule has 3 rings (SSSR count). The zero-order valence-electron chi connectivity index (χ0n) is 8.18. The van der Waals surface area contributed by atoms with Gasteiger partial charge < -0.3 is 9.64 Å². The number of nitrogens with zero attached hydrogens (tertiary/aromatic N) is 1. The lowest BCUT2D eigenvalue weighted by molar-refractivity contribution is -0.149. The molecule has 2 atom stereocenters. The average Bonchev–Trinajstić information content (AvgIpc) is 2.90. The van der Waals surface area contributed by atoms with E-state index < -0.39 is 6.04 Å². The molecule has 84 valence electrons. The van der Waals surface area contributed by atoms with Gasteiger partial charge in [0.2, 0.25) is 0 Å². The van der Waals surface area contributed by atoms with E-state index in [2.05, 4.69) is 0 Å². The molecule has 2 aliphatic rings. The summed E-state index contributed by atoms with van der Waals surface area (Å²) in [5.74, 6) is -0.409. The Balaban J connectivity index is 1.84. The lowest BCUT2D eigenvalue weighted by Gasteiger charge is -2.25. The van der Waals surface area contributed by atoms with E-state index in [4.69, 9.17) is 16.3 Å². The summed E-state index contributed by atoms with van der Waals surface area (Å²) in [5, 5.41) is 0. The average molecular weight is 258 g/mol. The Morgan fingerprint density at radius 1 is 1.56 bits per heavy atom. The van der Waals surface area contributed by atoms with Crippen molar-refractivity contribution in [1.29, 1.82) is 0 Å². The second-order valence-electron chi connectivity index (χ2n) is 3.87. The van der Waals surface area contributed by atoms with Crippen LogP contribution in [0.4, 0.5) is 0 Å². The van der Waals surface area contributed by atoms with Crippen LogP contribution in [0.15, 0.2) is 12.1 Å². The molecule has 0 radical (unpaired) electrons. The number of morpholine rings is 1. The van der Waals surface area contributed by atoms with Gasteiger partial charge in [-0.3, -0.25) is 4.79 Å². The predicted molar refractivity (Wildman–Crippen MR) is 58.7 cm³/mol. The first-order valence-corrected chi connectivity index (χ1v) is 6.11. The number of hydrogen-bond donors (Lipinski definition) is 0. The van der Waals surface area contributed by atoms with Gasteiger partial charge in [0.15, 0.2) is 0 Å². The molecule has 0 spiro atoms. The summed E-state index contributed by atoms with van der Waals surface area (Å²) in [6.07, 6.45) is 0.515. The van der Waals surface area contributed by atoms with Gasteiger partial charge in [-0.1, -0.05) is 11.6 Å². The zero-order chi connectivity index (χ0) is 11.3. The van der Waals surface area contributed by atoms with Crippen molar-refractivity contribution >= 4 is 34.8 Å². The van der Waals surface area contributed by atoms with E-state index in [0.29, 0.717) is 22.2 Å². The van der Waals surface area contributed by atoms with Crippen LogP contribution < -0.4 is 0 Å². The molecule has 2 bridgehead atoms. The molecular weight excluding hydrogens is 250 g/mol. The second kappa shape index (κ2) is 3.46. The quantitative estimate of drug-likeness (QED) is 0.717. The number of amides is 1. The lowest BCUT2D eigenvalue weighted by atomic mass is 10.2. The van der Waals surface area contributed by atoms with Gasteiger partial charge in [-0.05, 0) is 12.1 Å². The van der Waals surface area contributed by atoms with E-state index in [1.54, 1.807) is 17.0 Å². The molecule has 0 unspecified atom stereocenters. The van der Waals surface area contributed by atoms with Crippen LogP contribution in [-0.4, -0.2) is 35.5 Å². The van der Waals surface area contributed by atoms with E-state index in [1.165, 1.54) is 11.3 Å². The van der Waals surface area contributed by atoms with Crippen molar-refractivity contribution < 1.29 is 14.3 Å². The highest BCUT2D eigenvalue weighted by Gasteiger charge is 2.48. The molecule has 0 aromatic carbocycles. The number of rotatable bonds is 1. The van der Waals surface area contributed by atoms with E-state index in [-0.39, 0.29) is 18.0 Å². The van der Waals surface area contributed by atoms with Crippen LogP contribution in [0.2, 0.25) is 4.34 Å². The first-order valence-electron chi connectivity index (χ1n) is 4.92. The van der Waals surface area contributed by atoms with Crippen molar-refractivity contribution in [2.45, 2.75) is 18.6 Å². The Bertz CT molecular complexity index is 472. The Morgan fingerprint density at radius 2 is 2.38 bits per heavy atom. The van der Waals surface area contributed by atoms with Crippen molar-refractivity contribution in [3.63, 3.8) is 0 Å². The maximum absolute atomic E-state index is 12.1. The normalized spacial score (nSPS) is 27.3. The van der Waals surface area contributed by atoms with E-state index in [0.717, 1.165) is 0 Å². The van der Waals surface area contributed by atoms with Gasteiger partial charge in [0.1, 0.15) is 12.1 Å². The lowest BCUT2D eigenvalue weighted by Crippen LogP contribution is -2.44. The fraction of sp³-hybridized carbons (Fsp3) is 0.400. The minimum Gasteiger partial charge on any atom is -0.459 e. The van der Waals surface area contributed by atoms with Gasteiger partial charge in [0.25, 0.3) is 5.91 Å². The molecular formula is C10H8ClNO3S. The minimum atomic E-state index is -0.390. The summed E-state index contributed by atoms with van der Waals surface area (Å²) >= 11 is 7.01. The number of esters is 1. The smallest absolute Gasteiger partial charge is 0.329 e. The van der Waals surface area contributed by atoms with Crippen LogP contribution >= 0.6 is 22.9 Å². The van der Waals surface area contributed by atoms with Crippen LogP contribution in [0.25, 0.3) is 0 Å². The first-order chi connectivity index (χ1) is 7.65. The van der Waals surface area contributed by atoms with Crippen molar-refractivity contribution in [1.82, 2.24) is 4.90 Å². The molecule has 3 heterocycles. The summed E-state index contributed by atoms with van der Waals surface area (Å²) in [5.41, 5.74) is 0. The molecule has 2 aliphatic heterocycles. The van der Waals surface area contributed by atoms with Gasteiger partial charge in [0.05, 0.1) is 15.8 Å². The SMILES string of the molecule is O=C1O[C@H]2C[C@@H]1N(C(=O)c1ccc(Cl)s1)C2. The number of carbonyl (C=O) groups is 2. The fourth-order valence-electron chi connectivity index (χ4n) is 2.14. The molecule has 1 amide bonds. The molecule has 4 nitrogen and oxygen atoms in total. The summed E-state index contributed by atoms with van der Waals surface area (Å²) < 4.78 is 5.61. The Morgan fingerprint density at radius 3 is 2.94 bits per heavy atom. The topological polar surface area (TPSA) is 46.6 Å². The highest BCUT2D eigenvalue weighted by molar-refractivity contribution is 7.17. The van der Waals surface area contributed by atoms with Crippen LogP contribution in [0.3, 0.4) is 0 Å². The number of fused-ring (bicyclic) bond motifs is 2. The fourth-order valence-corrected chi connectivity index (χ4v) is 3.14. The number of ether oxygens (including phenoxy) is 1. The molecule has 6 heteroatoms. The molecule has 1 aromatic heterocycles. The van der Waals surface area contributed by atoms with Crippen molar-refractivity contribution in [2.75, 3.05) is 6.54 Å². The third-order valence-corrected chi connectivity index (χ3v) is 4.08. The van der Waals surface area contributed by atoms with Gasteiger partial charge in [-0.15, -0.1) is 11.3 Å². The zero-order valence-corrected chi connectivity index (χ0v) is 9.75. The number of likely N-dealkylation sites (tertiary alicyclic amines) is 1. The number of hydrogen-bond acceptors (Lipinski definition) is 4. The Hall–Kier alpha value is -1.07. The molecule has 0 N–H and O–H groups in total.